The van der Waals surface area contributed by atoms with Crippen LogP contribution in [0.15, 0.2) is 97.1 Å². The summed E-state index contributed by atoms with van der Waals surface area (Å²) in [7, 11) is 0. The van der Waals surface area contributed by atoms with Gasteiger partial charge in [0.15, 0.2) is 0 Å². The molecule has 0 spiro atoms. The van der Waals surface area contributed by atoms with Gasteiger partial charge >= 0.3 is 0 Å². The van der Waals surface area contributed by atoms with Crippen molar-refractivity contribution in [3.8, 4) is 5.75 Å². The Morgan fingerprint density at radius 3 is 2.51 bits per heavy atom. The number of nitrogens with one attached hydrogen (secondary N) is 1. The van der Waals surface area contributed by atoms with E-state index in [2.05, 4.69) is 64.8 Å². The predicted octanol–water partition coefficient (Wildman–Crippen LogP) is 5.85. The number of carbonyl (C=O) groups is 1. The Morgan fingerprint density at radius 2 is 1.68 bits per heavy atom. The van der Waals surface area contributed by atoms with E-state index in [1.807, 2.05) is 18.2 Å². The number of amides is 1. The minimum atomic E-state index is -0.310. The van der Waals surface area contributed by atoms with Crippen LogP contribution in [0, 0.1) is 17.7 Å². The SMILES string of the molecule is O=C(NCCc1ccccc1)[C@@H]1C[C@H](COc2cccc(F)c2)CN(Cc2ccc3ccccc3c2)C1. The van der Waals surface area contributed by atoms with Crippen molar-refractivity contribution in [2.24, 2.45) is 11.8 Å². The maximum Gasteiger partial charge on any atom is 0.224 e. The molecule has 0 bridgehead atoms. The molecular weight excluding hydrogens is 463 g/mol. The van der Waals surface area contributed by atoms with Gasteiger partial charge in [0, 0.05) is 38.2 Å². The van der Waals surface area contributed by atoms with Crippen molar-refractivity contribution in [3.05, 3.63) is 114 Å². The summed E-state index contributed by atoms with van der Waals surface area (Å²) in [5, 5.41) is 5.60. The van der Waals surface area contributed by atoms with Crippen molar-refractivity contribution in [3.63, 3.8) is 0 Å². The van der Waals surface area contributed by atoms with Crippen LogP contribution in [-0.4, -0.2) is 37.0 Å². The zero-order valence-corrected chi connectivity index (χ0v) is 21.0. The first-order valence-corrected chi connectivity index (χ1v) is 13.0. The summed E-state index contributed by atoms with van der Waals surface area (Å²) in [4.78, 5) is 15.6. The first-order valence-electron chi connectivity index (χ1n) is 13.0. The number of halogens is 1. The number of fused-ring (bicyclic) bond motifs is 1. The van der Waals surface area contributed by atoms with E-state index < -0.39 is 0 Å². The van der Waals surface area contributed by atoms with Crippen LogP contribution in [0.5, 0.6) is 5.75 Å². The summed E-state index contributed by atoms with van der Waals surface area (Å²) in [5.41, 5.74) is 2.44. The van der Waals surface area contributed by atoms with E-state index in [1.165, 1.54) is 34.0 Å². The van der Waals surface area contributed by atoms with Gasteiger partial charge in [0.1, 0.15) is 11.6 Å². The third-order valence-electron chi connectivity index (χ3n) is 7.04. The lowest BCUT2D eigenvalue weighted by molar-refractivity contribution is -0.127. The summed E-state index contributed by atoms with van der Waals surface area (Å²) >= 11 is 0. The van der Waals surface area contributed by atoms with Crippen molar-refractivity contribution in [1.29, 1.82) is 0 Å². The number of nitrogens with zero attached hydrogens (tertiary/aromatic N) is 1. The van der Waals surface area contributed by atoms with Crippen molar-refractivity contribution in [1.82, 2.24) is 10.2 Å². The monoisotopic (exact) mass is 496 g/mol. The third-order valence-corrected chi connectivity index (χ3v) is 7.04. The van der Waals surface area contributed by atoms with E-state index in [-0.39, 0.29) is 23.6 Å². The van der Waals surface area contributed by atoms with Crippen LogP contribution in [0.25, 0.3) is 10.8 Å². The molecule has 5 heteroatoms. The van der Waals surface area contributed by atoms with Crippen molar-refractivity contribution in [2.75, 3.05) is 26.2 Å². The van der Waals surface area contributed by atoms with Gasteiger partial charge < -0.3 is 10.1 Å². The molecule has 0 unspecified atom stereocenters. The van der Waals surface area contributed by atoms with Crippen molar-refractivity contribution in [2.45, 2.75) is 19.4 Å². The fraction of sp³-hybridized carbons (Fsp3) is 0.281. The highest BCUT2D eigenvalue weighted by molar-refractivity contribution is 5.83. The smallest absolute Gasteiger partial charge is 0.224 e. The molecule has 1 fully saturated rings. The van der Waals surface area contributed by atoms with Gasteiger partial charge in [0.05, 0.1) is 12.5 Å². The summed E-state index contributed by atoms with van der Waals surface area (Å²) in [6.07, 6.45) is 1.56. The number of ether oxygens (including phenoxy) is 1. The van der Waals surface area contributed by atoms with Gasteiger partial charge in [-0.3, -0.25) is 9.69 Å². The number of benzene rings is 4. The number of likely N-dealkylation sites (tertiary alicyclic amines) is 1. The van der Waals surface area contributed by atoms with E-state index >= 15 is 0 Å². The van der Waals surface area contributed by atoms with Gasteiger partial charge in [-0.25, -0.2) is 4.39 Å². The Morgan fingerprint density at radius 1 is 0.865 bits per heavy atom. The molecule has 37 heavy (non-hydrogen) atoms. The van der Waals surface area contributed by atoms with Gasteiger partial charge in [0.2, 0.25) is 5.91 Å². The molecule has 4 aromatic rings. The quantitative estimate of drug-likeness (QED) is 0.316. The van der Waals surface area contributed by atoms with Gasteiger partial charge in [0.25, 0.3) is 0 Å². The number of hydrogen-bond acceptors (Lipinski definition) is 3. The maximum atomic E-state index is 13.6. The average Bonchev–Trinajstić information content (AvgIpc) is 2.92. The van der Waals surface area contributed by atoms with Crippen LogP contribution in [0.2, 0.25) is 0 Å². The van der Waals surface area contributed by atoms with Gasteiger partial charge in [-0.2, -0.15) is 0 Å². The summed E-state index contributed by atoms with van der Waals surface area (Å²) in [5.74, 6) is 0.355. The number of carbonyl (C=O) groups excluding carboxylic acids is 1. The third kappa shape index (κ3) is 6.95. The molecule has 1 aliphatic heterocycles. The minimum Gasteiger partial charge on any atom is -0.493 e. The summed E-state index contributed by atoms with van der Waals surface area (Å²) < 4.78 is 19.6. The number of piperidine rings is 1. The normalized spacial score (nSPS) is 18.0. The summed E-state index contributed by atoms with van der Waals surface area (Å²) in [6, 6.07) is 31.4. The highest BCUT2D eigenvalue weighted by Gasteiger charge is 2.32. The largest absolute Gasteiger partial charge is 0.493 e. The lowest BCUT2D eigenvalue weighted by Crippen LogP contribution is -2.47. The van der Waals surface area contributed by atoms with Crippen LogP contribution in [0.4, 0.5) is 4.39 Å². The molecule has 2 atom stereocenters. The Balaban J connectivity index is 1.25. The molecule has 5 rings (SSSR count). The standard InChI is InChI=1S/C32H33FN2O2/c33-30-11-6-12-31(19-30)37-23-26-18-29(32(36)34-16-15-24-7-2-1-3-8-24)22-35(21-26)20-25-13-14-27-9-4-5-10-28(27)17-25/h1-14,17,19,26,29H,15-16,18,20-23H2,(H,34,36)/t26-,29+/m0/s1. The lowest BCUT2D eigenvalue weighted by atomic mass is 9.88. The second kappa shape index (κ2) is 12.0. The van der Waals surface area contributed by atoms with Gasteiger partial charge in [-0.1, -0.05) is 72.8 Å². The Hall–Kier alpha value is -3.70. The Bertz CT molecular complexity index is 1330. The second-order valence-electron chi connectivity index (χ2n) is 9.97. The van der Waals surface area contributed by atoms with Crippen molar-refractivity contribution >= 4 is 16.7 Å². The van der Waals surface area contributed by atoms with Crippen LogP contribution in [0.1, 0.15) is 17.5 Å². The van der Waals surface area contributed by atoms with Crippen LogP contribution in [0.3, 0.4) is 0 Å². The molecule has 0 aliphatic carbocycles. The average molecular weight is 497 g/mol. The molecule has 4 nitrogen and oxygen atoms in total. The predicted molar refractivity (Wildman–Crippen MR) is 146 cm³/mol. The van der Waals surface area contributed by atoms with E-state index in [4.69, 9.17) is 4.74 Å². The van der Waals surface area contributed by atoms with Crippen LogP contribution < -0.4 is 10.1 Å². The minimum absolute atomic E-state index is 0.0925. The van der Waals surface area contributed by atoms with E-state index in [1.54, 1.807) is 12.1 Å². The topological polar surface area (TPSA) is 41.6 Å². The molecule has 190 valence electrons. The van der Waals surface area contributed by atoms with E-state index in [0.717, 1.165) is 25.9 Å². The van der Waals surface area contributed by atoms with Gasteiger partial charge in [-0.15, -0.1) is 0 Å². The Labute approximate surface area is 218 Å². The maximum absolute atomic E-state index is 13.6. The van der Waals surface area contributed by atoms with E-state index in [9.17, 15) is 9.18 Å². The lowest BCUT2D eigenvalue weighted by Gasteiger charge is -2.37. The first kappa shape index (κ1) is 25.0. The van der Waals surface area contributed by atoms with Crippen LogP contribution >= 0.6 is 0 Å². The molecule has 1 aliphatic rings. The van der Waals surface area contributed by atoms with Crippen molar-refractivity contribution < 1.29 is 13.9 Å². The highest BCUT2D eigenvalue weighted by Crippen LogP contribution is 2.26. The van der Waals surface area contributed by atoms with Gasteiger partial charge in [-0.05, 0) is 52.9 Å². The van der Waals surface area contributed by atoms with E-state index in [0.29, 0.717) is 25.4 Å². The molecule has 0 saturated carbocycles. The number of hydrogen-bond donors (Lipinski definition) is 1. The summed E-state index contributed by atoms with van der Waals surface area (Å²) in [6.45, 7) is 3.38. The first-order chi connectivity index (χ1) is 18.1. The zero-order valence-electron chi connectivity index (χ0n) is 21.0. The van der Waals surface area contributed by atoms with Crippen LogP contribution in [-0.2, 0) is 17.8 Å². The number of rotatable bonds is 9. The molecule has 1 N–H and O–H groups in total. The second-order valence-corrected chi connectivity index (χ2v) is 9.97. The molecule has 1 heterocycles. The molecule has 1 saturated heterocycles. The fourth-order valence-electron chi connectivity index (χ4n) is 5.23. The fourth-order valence-corrected chi connectivity index (χ4v) is 5.23. The molecular formula is C32H33FN2O2. The highest BCUT2D eigenvalue weighted by atomic mass is 19.1. The molecule has 0 radical (unpaired) electrons. The molecule has 1 amide bonds. The molecule has 4 aromatic carbocycles. The zero-order chi connectivity index (χ0) is 25.5. The molecule has 0 aromatic heterocycles. The Kier molecular flexibility index (Phi) is 8.11.